The smallest absolute Gasteiger partial charge is 0.257 e. The average Bonchev–Trinajstić information content (AvgIpc) is 2.87. The van der Waals surface area contributed by atoms with Crippen LogP contribution in [-0.4, -0.2) is 36.5 Å². The Kier molecular flexibility index (Phi) is 4.54. The van der Waals surface area contributed by atoms with Gasteiger partial charge in [0.15, 0.2) is 5.82 Å². The van der Waals surface area contributed by atoms with E-state index in [1.54, 1.807) is 0 Å². The Morgan fingerprint density at radius 1 is 1.40 bits per heavy atom. The van der Waals surface area contributed by atoms with Crippen LogP contribution >= 0.6 is 0 Å². The topological polar surface area (TPSA) is 58.4 Å². The van der Waals surface area contributed by atoms with Crippen LogP contribution in [0, 0.1) is 11.6 Å². The van der Waals surface area contributed by atoms with Gasteiger partial charge in [-0.15, -0.1) is 0 Å². The van der Waals surface area contributed by atoms with Gasteiger partial charge in [0.1, 0.15) is 11.4 Å². The van der Waals surface area contributed by atoms with Crippen LogP contribution in [-0.2, 0) is 0 Å². The quantitative estimate of drug-likeness (QED) is 0.828. The fourth-order valence-electron chi connectivity index (χ4n) is 2.47. The number of nitrogens with zero attached hydrogens (tertiary/aromatic N) is 1. The van der Waals surface area contributed by atoms with E-state index in [9.17, 15) is 13.6 Å². The molecule has 1 aliphatic rings. The molecular formula is C14H19F2N3O. The first kappa shape index (κ1) is 14.7. The molecule has 1 aromatic carbocycles. The first-order valence-electron chi connectivity index (χ1n) is 6.75. The van der Waals surface area contributed by atoms with Crippen molar-refractivity contribution < 1.29 is 13.6 Å². The average molecular weight is 283 g/mol. The lowest BCUT2D eigenvalue weighted by Gasteiger charge is -2.21. The number of hydrogen-bond donors (Lipinski definition) is 2. The molecule has 2 rings (SSSR count). The van der Waals surface area contributed by atoms with E-state index in [-0.39, 0.29) is 11.7 Å². The molecule has 0 bridgehead atoms. The van der Waals surface area contributed by atoms with Crippen LogP contribution < -0.4 is 11.1 Å². The van der Waals surface area contributed by atoms with Gasteiger partial charge in [0.25, 0.3) is 5.91 Å². The third kappa shape index (κ3) is 3.25. The van der Waals surface area contributed by atoms with Crippen LogP contribution in [0.2, 0.25) is 0 Å². The Labute approximate surface area is 116 Å². The molecule has 0 radical (unpaired) electrons. The lowest BCUT2D eigenvalue weighted by atomic mass is 10.1. The van der Waals surface area contributed by atoms with Gasteiger partial charge in [-0.05, 0) is 45.0 Å². The molecule has 0 saturated carbocycles. The summed E-state index contributed by atoms with van der Waals surface area (Å²) in [6.45, 7) is 4.50. The lowest BCUT2D eigenvalue weighted by Crippen LogP contribution is -2.41. The van der Waals surface area contributed by atoms with Crippen LogP contribution in [0.5, 0.6) is 0 Å². The molecule has 1 fully saturated rings. The number of benzene rings is 1. The molecule has 1 saturated heterocycles. The molecule has 0 spiro atoms. The first-order chi connectivity index (χ1) is 9.49. The van der Waals surface area contributed by atoms with Crippen molar-refractivity contribution in [1.29, 1.82) is 0 Å². The Balaban J connectivity index is 2.02. The number of amides is 1. The van der Waals surface area contributed by atoms with Crippen LogP contribution in [0.1, 0.15) is 30.1 Å². The fourth-order valence-corrected chi connectivity index (χ4v) is 2.47. The highest BCUT2D eigenvalue weighted by atomic mass is 19.1. The van der Waals surface area contributed by atoms with Crippen molar-refractivity contribution in [2.24, 2.45) is 0 Å². The second kappa shape index (κ2) is 6.17. The summed E-state index contributed by atoms with van der Waals surface area (Å²) < 4.78 is 27.3. The normalized spacial score (nSPS) is 17.1. The van der Waals surface area contributed by atoms with E-state index in [0.717, 1.165) is 38.1 Å². The second-order valence-electron chi connectivity index (χ2n) is 5.21. The minimum absolute atomic E-state index is 0.180. The monoisotopic (exact) mass is 283 g/mol. The standard InChI is InChI=1S/C14H19F2N3O/c1-9(8-19-6-2-3-7-19)18-14(20)12-10(15)4-5-11(17)13(12)16/h4-5,9H,2-3,6-8,17H2,1H3,(H,18,20). The zero-order chi connectivity index (χ0) is 14.7. The Morgan fingerprint density at radius 3 is 2.70 bits per heavy atom. The fraction of sp³-hybridized carbons (Fsp3) is 0.500. The molecule has 1 atom stereocenters. The van der Waals surface area contributed by atoms with E-state index >= 15 is 0 Å². The maximum atomic E-state index is 13.7. The Morgan fingerprint density at radius 2 is 2.05 bits per heavy atom. The van der Waals surface area contributed by atoms with E-state index in [2.05, 4.69) is 10.2 Å². The second-order valence-corrected chi connectivity index (χ2v) is 5.21. The molecule has 0 aliphatic carbocycles. The third-order valence-corrected chi connectivity index (χ3v) is 3.46. The summed E-state index contributed by atoms with van der Waals surface area (Å²) in [5.41, 5.74) is 4.51. The molecule has 1 unspecified atom stereocenters. The maximum absolute atomic E-state index is 13.7. The predicted molar refractivity (Wildman–Crippen MR) is 73.4 cm³/mol. The molecule has 1 aliphatic heterocycles. The number of rotatable bonds is 4. The van der Waals surface area contributed by atoms with E-state index in [0.29, 0.717) is 6.54 Å². The van der Waals surface area contributed by atoms with Crippen molar-refractivity contribution in [2.45, 2.75) is 25.8 Å². The van der Waals surface area contributed by atoms with Gasteiger partial charge < -0.3 is 16.0 Å². The number of anilines is 1. The van der Waals surface area contributed by atoms with Crippen molar-refractivity contribution in [1.82, 2.24) is 10.2 Å². The summed E-state index contributed by atoms with van der Waals surface area (Å²) in [7, 11) is 0. The molecule has 110 valence electrons. The molecular weight excluding hydrogens is 264 g/mol. The summed E-state index contributed by atoms with van der Waals surface area (Å²) in [5.74, 6) is -2.67. The van der Waals surface area contributed by atoms with E-state index in [1.807, 2.05) is 6.92 Å². The lowest BCUT2D eigenvalue weighted by molar-refractivity contribution is 0.0923. The van der Waals surface area contributed by atoms with Crippen molar-refractivity contribution in [2.75, 3.05) is 25.4 Å². The zero-order valence-electron chi connectivity index (χ0n) is 11.5. The van der Waals surface area contributed by atoms with Crippen molar-refractivity contribution in [3.05, 3.63) is 29.3 Å². The van der Waals surface area contributed by atoms with E-state index in [1.165, 1.54) is 0 Å². The Bertz CT molecular complexity index is 501. The highest BCUT2D eigenvalue weighted by Gasteiger charge is 2.22. The van der Waals surface area contributed by atoms with Crippen LogP contribution in [0.3, 0.4) is 0 Å². The van der Waals surface area contributed by atoms with Gasteiger partial charge in [0.05, 0.1) is 5.69 Å². The van der Waals surface area contributed by atoms with E-state index < -0.39 is 23.1 Å². The molecule has 1 aromatic rings. The molecule has 1 heterocycles. The van der Waals surface area contributed by atoms with Crippen LogP contribution in [0.4, 0.5) is 14.5 Å². The summed E-state index contributed by atoms with van der Waals surface area (Å²) in [5, 5.41) is 2.62. The summed E-state index contributed by atoms with van der Waals surface area (Å²) in [6, 6.07) is 1.92. The van der Waals surface area contributed by atoms with Crippen molar-refractivity contribution >= 4 is 11.6 Å². The maximum Gasteiger partial charge on any atom is 0.257 e. The molecule has 1 amide bonds. The number of carbonyl (C=O) groups excluding carboxylic acids is 1. The summed E-state index contributed by atoms with van der Waals surface area (Å²) >= 11 is 0. The third-order valence-electron chi connectivity index (χ3n) is 3.46. The minimum atomic E-state index is -1.00. The van der Waals surface area contributed by atoms with Crippen LogP contribution in [0.15, 0.2) is 12.1 Å². The molecule has 3 N–H and O–H groups in total. The van der Waals surface area contributed by atoms with E-state index in [4.69, 9.17) is 5.73 Å². The van der Waals surface area contributed by atoms with Gasteiger partial charge in [-0.3, -0.25) is 4.79 Å². The number of halogens is 2. The summed E-state index contributed by atoms with van der Waals surface area (Å²) in [6.07, 6.45) is 2.30. The number of nitrogen functional groups attached to an aromatic ring is 1. The molecule has 20 heavy (non-hydrogen) atoms. The number of likely N-dealkylation sites (tertiary alicyclic amines) is 1. The molecule has 0 aromatic heterocycles. The number of nitrogens with two attached hydrogens (primary N) is 1. The summed E-state index contributed by atoms with van der Waals surface area (Å²) in [4.78, 5) is 14.2. The van der Waals surface area contributed by atoms with Gasteiger partial charge in [-0.1, -0.05) is 0 Å². The number of hydrogen-bond acceptors (Lipinski definition) is 3. The Hall–Kier alpha value is -1.69. The van der Waals surface area contributed by atoms with Gasteiger partial charge in [0, 0.05) is 12.6 Å². The van der Waals surface area contributed by atoms with Gasteiger partial charge in [-0.2, -0.15) is 0 Å². The molecule has 4 nitrogen and oxygen atoms in total. The van der Waals surface area contributed by atoms with Crippen molar-refractivity contribution in [3.8, 4) is 0 Å². The number of nitrogens with one attached hydrogen (secondary N) is 1. The number of carbonyl (C=O) groups is 1. The first-order valence-corrected chi connectivity index (χ1v) is 6.75. The predicted octanol–water partition coefficient (Wildman–Crippen LogP) is 1.76. The van der Waals surface area contributed by atoms with Gasteiger partial charge >= 0.3 is 0 Å². The SMILES string of the molecule is CC(CN1CCCC1)NC(=O)c1c(F)ccc(N)c1F. The van der Waals surface area contributed by atoms with Gasteiger partial charge in [-0.25, -0.2) is 8.78 Å². The largest absolute Gasteiger partial charge is 0.396 e. The highest BCUT2D eigenvalue weighted by Crippen LogP contribution is 2.18. The van der Waals surface area contributed by atoms with Gasteiger partial charge in [0.2, 0.25) is 0 Å². The van der Waals surface area contributed by atoms with Crippen LogP contribution in [0.25, 0.3) is 0 Å². The van der Waals surface area contributed by atoms with Crippen molar-refractivity contribution in [3.63, 3.8) is 0 Å². The zero-order valence-corrected chi connectivity index (χ0v) is 11.5. The minimum Gasteiger partial charge on any atom is -0.396 e. The highest BCUT2D eigenvalue weighted by molar-refractivity contribution is 5.95. The molecule has 6 heteroatoms.